The average Bonchev–Trinajstić information content (AvgIpc) is 3.66. The van der Waals surface area contributed by atoms with Crippen LogP contribution < -0.4 is 15.4 Å². The molecule has 6 rings (SSSR count). The molecule has 0 radical (unpaired) electrons. The second-order valence-corrected chi connectivity index (χ2v) is 12.1. The number of aromatic nitrogens is 3. The number of nitrogen functional groups attached to an aromatic ring is 1. The molecule has 0 amide bonds. The highest BCUT2D eigenvalue weighted by Gasteiger charge is 2.49. The van der Waals surface area contributed by atoms with Gasteiger partial charge >= 0.3 is 0 Å². The maximum Gasteiger partial charge on any atom is 0.219 e. The summed E-state index contributed by atoms with van der Waals surface area (Å²) in [7, 11) is 4.03. The van der Waals surface area contributed by atoms with Crippen LogP contribution >= 0.6 is 0 Å². The van der Waals surface area contributed by atoms with Gasteiger partial charge in [-0.2, -0.15) is 10.2 Å². The van der Waals surface area contributed by atoms with Crippen LogP contribution in [0.2, 0.25) is 0 Å². The van der Waals surface area contributed by atoms with Gasteiger partial charge in [-0.3, -0.25) is 4.90 Å². The van der Waals surface area contributed by atoms with Gasteiger partial charge in [-0.15, -0.1) is 0 Å². The summed E-state index contributed by atoms with van der Waals surface area (Å²) in [6, 6.07) is 8.39. The van der Waals surface area contributed by atoms with Crippen molar-refractivity contribution in [2.75, 3.05) is 37.8 Å². The molecule has 1 saturated heterocycles. The van der Waals surface area contributed by atoms with Gasteiger partial charge < -0.3 is 25.0 Å². The quantitative estimate of drug-likeness (QED) is 0.412. The molecule has 4 unspecified atom stereocenters. The molecule has 1 aromatic carbocycles. The van der Waals surface area contributed by atoms with Crippen LogP contribution in [-0.4, -0.2) is 70.6 Å². The van der Waals surface area contributed by atoms with Gasteiger partial charge in [0.1, 0.15) is 18.0 Å². The van der Waals surface area contributed by atoms with E-state index in [0.717, 1.165) is 73.9 Å². The number of aliphatic hydroxyl groups is 1. The summed E-state index contributed by atoms with van der Waals surface area (Å²) in [4.78, 5) is 14.0. The Kier molecular flexibility index (Phi) is 7.12. The van der Waals surface area contributed by atoms with E-state index in [0.29, 0.717) is 47.1 Å². The van der Waals surface area contributed by atoms with Crippen molar-refractivity contribution < 1.29 is 14.4 Å². The lowest BCUT2D eigenvalue weighted by Gasteiger charge is -2.33. The average molecular weight is 558 g/mol. The van der Waals surface area contributed by atoms with E-state index in [1.54, 1.807) is 6.92 Å². The van der Waals surface area contributed by atoms with Crippen molar-refractivity contribution in [3.8, 4) is 23.5 Å². The summed E-state index contributed by atoms with van der Waals surface area (Å²) in [5.74, 6) is 2.36. The molecule has 0 saturated carbocycles. The largest absolute Gasteiger partial charge is 0.473 e. The summed E-state index contributed by atoms with van der Waals surface area (Å²) in [6.45, 7) is 5.31. The number of anilines is 2. The van der Waals surface area contributed by atoms with Gasteiger partial charge in [-0.25, -0.2) is 4.98 Å². The van der Waals surface area contributed by atoms with E-state index in [1.807, 2.05) is 30.1 Å². The van der Waals surface area contributed by atoms with E-state index in [-0.39, 0.29) is 6.10 Å². The molecule has 10 nitrogen and oxygen atoms in total. The van der Waals surface area contributed by atoms with Gasteiger partial charge in [0.25, 0.3) is 0 Å². The number of likely N-dealkylation sites (N-methyl/N-ethyl adjacent to an activating group) is 2. The monoisotopic (exact) mass is 557 g/mol. The number of nitrogens with two attached hydrogens (primary N) is 1. The highest BCUT2D eigenvalue weighted by molar-refractivity contribution is 5.68. The number of likely N-dealkylation sites (tertiary alicyclic amines) is 1. The van der Waals surface area contributed by atoms with Crippen LogP contribution in [0.1, 0.15) is 74.0 Å². The first kappa shape index (κ1) is 27.5. The Morgan fingerprint density at radius 3 is 2.83 bits per heavy atom. The zero-order chi connectivity index (χ0) is 28.9. The first-order chi connectivity index (χ1) is 19.7. The number of benzene rings is 1. The predicted molar refractivity (Wildman–Crippen MR) is 156 cm³/mol. The first-order valence-corrected chi connectivity index (χ1v) is 14.7. The topological polar surface area (TPSA) is 138 Å². The SMILES string of the molecule is CC(O)CN(C)c1cc(OC(C)C2CCCN2C)nc(-c2noc3c2CCCC32CCc3ccc(N)c(C#N)c32)n1. The number of fused-ring (bicyclic) bond motifs is 4. The number of hydrogen-bond acceptors (Lipinski definition) is 10. The first-order valence-electron chi connectivity index (χ1n) is 14.7. The molecular weight excluding hydrogens is 518 g/mol. The van der Waals surface area contributed by atoms with Gasteiger partial charge in [-0.1, -0.05) is 11.2 Å². The summed E-state index contributed by atoms with van der Waals surface area (Å²) < 4.78 is 12.6. The molecule has 1 aliphatic heterocycles. The lowest BCUT2D eigenvalue weighted by Crippen LogP contribution is -2.38. The van der Waals surface area contributed by atoms with Crippen molar-refractivity contribution >= 4 is 11.5 Å². The zero-order valence-electron chi connectivity index (χ0n) is 24.4. The van der Waals surface area contributed by atoms with Crippen LogP contribution in [0.5, 0.6) is 5.88 Å². The number of nitriles is 1. The van der Waals surface area contributed by atoms with E-state index in [9.17, 15) is 10.4 Å². The third-order valence-electron chi connectivity index (χ3n) is 9.24. The third-order valence-corrected chi connectivity index (χ3v) is 9.24. The predicted octanol–water partition coefficient (Wildman–Crippen LogP) is 3.83. The Morgan fingerprint density at radius 1 is 1.27 bits per heavy atom. The number of rotatable bonds is 7. The Labute approximate surface area is 241 Å². The van der Waals surface area contributed by atoms with Crippen LogP contribution in [0.15, 0.2) is 22.7 Å². The minimum Gasteiger partial charge on any atom is -0.473 e. The molecule has 10 heteroatoms. The highest BCUT2D eigenvalue weighted by Crippen LogP contribution is 2.54. The molecule has 3 aliphatic rings. The number of hydrogen-bond donors (Lipinski definition) is 2. The fourth-order valence-electron chi connectivity index (χ4n) is 7.32. The fourth-order valence-corrected chi connectivity index (χ4v) is 7.32. The number of ether oxygens (including phenoxy) is 1. The van der Waals surface area contributed by atoms with Crippen LogP contribution in [0.25, 0.3) is 11.5 Å². The third kappa shape index (κ3) is 4.71. The van der Waals surface area contributed by atoms with Gasteiger partial charge in [0.05, 0.1) is 17.1 Å². The minimum absolute atomic E-state index is 0.0560. The Balaban J connectivity index is 1.43. The summed E-state index contributed by atoms with van der Waals surface area (Å²) in [6.07, 6.45) is 5.95. The molecule has 3 heterocycles. The fraction of sp³-hybridized carbons (Fsp3) is 0.548. The van der Waals surface area contributed by atoms with Gasteiger partial charge in [-0.05, 0) is 89.6 Å². The van der Waals surface area contributed by atoms with E-state index in [2.05, 4.69) is 30.1 Å². The van der Waals surface area contributed by atoms with Crippen LogP contribution in [0, 0.1) is 11.3 Å². The minimum atomic E-state index is -0.530. The normalized spacial score (nSPS) is 23.2. The maximum atomic E-state index is 10.1. The van der Waals surface area contributed by atoms with Gasteiger partial charge in [0, 0.05) is 37.0 Å². The summed E-state index contributed by atoms with van der Waals surface area (Å²) >= 11 is 0. The van der Waals surface area contributed by atoms with Gasteiger partial charge in [0.2, 0.25) is 5.88 Å². The standard InChI is InChI=1S/C31H39N7O3/c1-18(39)17-38(4)25-15-26(40-19(2)24-8-6-14-37(24)3)35-30(34-25)28-21-7-5-12-31(29(21)41-36-28)13-11-20-9-10-23(33)22(16-32)27(20)31/h9-10,15,18-19,24,39H,5-8,11-14,17,33H2,1-4H3. The van der Waals surface area contributed by atoms with E-state index in [1.165, 1.54) is 0 Å². The van der Waals surface area contributed by atoms with E-state index < -0.39 is 11.5 Å². The lowest BCUT2D eigenvalue weighted by molar-refractivity contribution is 0.117. The van der Waals surface area contributed by atoms with Crippen LogP contribution in [0.3, 0.4) is 0 Å². The molecule has 1 fully saturated rings. The molecule has 3 N–H and O–H groups in total. The smallest absolute Gasteiger partial charge is 0.219 e. The number of aryl methyl sites for hydroxylation is 1. The van der Waals surface area contributed by atoms with Crippen molar-refractivity contribution in [1.82, 2.24) is 20.0 Å². The number of aliphatic hydroxyl groups excluding tert-OH is 1. The molecule has 3 aromatic rings. The van der Waals surface area contributed by atoms with Crippen molar-refractivity contribution in [3.05, 3.63) is 46.2 Å². The van der Waals surface area contributed by atoms with Crippen molar-refractivity contribution in [3.63, 3.8) is 0 Å². The Morgan fingerprint density at radius 2 is 2.10 bits per heavy atom. The molecule has 41 heavy (non-hydrogen) atoms. The Bertz CT molecular complexity index is 1500. The van der Waals surface area contributed by atoms with E-state index in [4.69, 9.17) is 25.0 Å². The number of nitrogens with zero attached hydrogens (tertiary/aromatic N) is 6. The Hall–Kier alpha value is -3.68. The molecule has 2 aliphatic carbocycles. The van der Waals surface area contributed by atoms with Crippen molar-refractivity contribution in [1.29, 1.82) is 5.26 Å². The van der Waals surface area contributed by atoms with Crippen molar-refractivity contribution in [2.24, 2.45) is 0 Å². The second-order valence-electron chi connectivity index (χ2n) is 12.1. The zero-order valence-corrected chi connectivity index (χ0v) is 24.4. The van der Waals surface area contributed by atoms with Gasteiger partial charge in [0.15, 0.2) is 17.3 Å². The molecular formula is C31H39N7O3. The maximum absolute atomic E-state index is 10.1. The molecule has 1 spiro atoms. The summed E-state index contributed by atoms with van der Waals surface area (Å²) in [5.41, 5.74) is 10.6. The van der Waals surface area contributed by atoms with Crippen molar-refractivity contribution in [2.45, 2.75) is 82.5 Å². The summed E-state index contributed by atoms with van der Waals surface area (Å²) in [5, 5.41) is 24.7. The highest BCUT2D eigenvalue weighted by atomic mass is 16.5. The van der Waals surface area contributed by atoms with Crippen LogP contribution in [0.4, 0.5) is 11.5 Å². The van der Waals surface area contributed by atoms with E-state index >= 15 is 0 Å². The van der Waals surface area contributed by atoms with Crippen LogP contribution in [-0.2, 0) is 18.3 Å². The molecule has 216 valence electrons. The lowest BCUT2D eigenvalue weighted by atomic mass is 9.68. The molecule has 0 bridgehead atoms. The molecule has 2 aromatic heterocycles. The second kappa shape index (κ2) is 10.6. The molecule has 4 atom stereocenters.